The summed E-state index contributed by atoms with van der Waals surface area (Å²) in [5, 5.41) is 0. The molecule has 0 saturated heterocycles. The maximum atomic E-state index is 7.21. The lowest BCUT2D eigenvalue weighted by Crippen LogP contribution is -2.35. The van der Waals surface area contributed by atoms with Gasteiger partial charge in [-0.25, -0.2) is 4.85 Å². The summed E-state index contributed by atoms with van der Waals surface area (Å²) in [6.45, 7) is 11.5. The van der Waals surface area contributed by atoms with E-state index in [1.807, 2.05) is 18.2 Å². The van der Waals surface area contributed by atoms with Crippen molar-refractivity contribution in [3.05, 3.63) is 59.4 Å². The van der Waals surface area contributed by atoms with Crippen LogP contribution >= 0.6 is 0 Å². The van der Waals surface area contributed by atoms with Gasteiger partial charge in [-0.2, -0.15) is 0 Å². The average Bonchev–Trinajstić information content (AvgIpc) is 2.71. The molecule has 0 spiro atoms. The molecule has 3 nitrogen and oxygen atoms in total. The van der Waals surface area contributed by atoms with Gasteiger partial charge in [0.1, 0.15) is 6.17 Å². The van der Waals surface area contributed by atoms with Crippen molar-refractivity contribution in [2.75, 3.05) is 16.8 Å². The quantitative estimate of drug-likeness (QED) is 0.702. The third-order valence-corrected chi connectivity index (χ3v) is 4.04. The van der Waals surface area contributed by atoms with Crippen molar-refractivity contribution in [2.24, 2.45) is 0 Å². The monoisotopic (exact) mass is 263 g/mol. The van der Waals surface area contributed by atoms with Gasteiger partial charge in [0.25, 0.3) is 0 Å². The van der Waals surface area contributed by atoms with E-state index in [0.717, 1.165) is 5.69 Å². The van der Waals surface area contributed by atoms with E-state index in [1.165, 1.54) is 16.9 Å². The number of aryl methyl sites for hydroxylation is 1. The fourth-order valence-corrected chi connectivity index (χ4v) is 2.81. The standard InChI is InChI=1S/C17H17N3/c1-12-7-5-6-8-15(12)20-13(2)19(4)16-10-9-14(18-3)11-17(16)20/h5-11,13H,1-2,4H3/t13-/m0/s1. The molecule has 100 valence electrons. The Morgan fingerprint density at radius 1 is 1.05 bits per heavy atom. The molecule has 1 aliphatic rings. The van der Waals surface area contributed by atoms with E-state index < -0.39 is 0 Å². The highest BCUT2D eigenvalue weighted by molar-refractivity contribution is 5.86. The second kappa shape index (κ2) is 4.57. The molecular weight excluding hydrogens is 246 g/mol. The first-order valence-corrected chi connectivity index (χ1v) is 6.72. The molecule has 2 aromatic carbocycles. The normalized spacial score (nSPS) is 17.0. The van der Waals surface area contributed by atoms with Gasteiger partial charge >= 0.3 is 0 Å². The van der Waals surface area contributed by atoms with Gasteiger partial charge in [0.05, 0.1) is 17.9 Å². The first kappa shape index (κ1) is 12.6. The van der Waals surface area contributed by atoms with E-state index in [4.69, 9.17) is 6.57 Å². The highest BCUT2D eigenvalue weighted by Crippen LogP contribution is 2.45. The lowest BCUT2D eigenvalue weighted by molar-refractivity contribution is 0.732. The number of nitrogens with zero attached hydrogens (tertiary/aromatic N) is 3. The number of hydrogen-bond acceptors (Lipinski definition) is 2. The molecule has 0 amide bonds. The molecule has 1 heterocycles. The third kappa shape index (κ3) is 1.73. The Morgan fingerprint density at radius 3 is 2.50 bits per heavy atom. The van der Waals surface area contributed by atoms with E-state index in [9.17, 15) is 0 Å². The second-order valence-electron chi connectivity index (χ2n) is 5.18. The van der Waals surface area contributed by atoms with Crippen LogP contribution in [0.3, 0.4) is 0 Å². The summed E-state index contributed by atoms with van der Waals surface area (Å²) in [5.41, 5.74) is 5.42. The van der Waals surface area contributed by atoms with Crippen LogP contribution in [0.2, 0.25) is 0 Å². The van der Waals surface area contributed by atoms with Crippen LogP contribution in [0.4, 0.5) is 22.7 Å². The summed E-state index contributed by atoms with van der Waals surface area (Å²) in [6.07, 6.45) is 0.243. The minimum atomic E-state index is 0.243. The predicted octanol–water partition coefficient (Wildman–Crippen LogP) is 4.48. The minimum Gasteiger partial charge on any atom is -0.353 e. The van der Waals surface area contributed by atoms with Gasteiger partial charge in [0.2, 0.25) is 0 Å². The van der Waals surface area contributed by atoms with Crippen molar-refractivity contribution in [1.29, 1.82) is 0 Å². The van der Waals surface area contributed by atoms with Crippen LogP contribution in [-0.4, -0.2) is 13.2 Å². The van der Waals surface area contributed by atoms with Crippen molar-refractivity contribution >= 4 is 22.7 Å². The number of hydrogen-bond donors (Lipinski definition) is 0. The van der Waals surface area contributed by atoms with Gasteiger partial charge in [0, 0.05) is 12.7 Å². The Labute approximate surface area is 119 Å². The molecule has 1 aliphatic heterocycles. The summed E-state index contributed by atoms with van der Waals surface area (Å²) < 4.78 is 0. The van der Waals surface area contributed by atoms with Crippen LogP contribution in [0, 0.1) is 13.5 Å². The summed E-state index contributed by atoms with van der Waals surface area (Å²) in [6, 6.07) is 14.3. The van der Waals surface area contributed by atoms with Crippen LogP contribution in [0.5, 0.6) is 0 Å². The molecule has 3 heteroatoms. The molecule has 0 aromatic heterocycles. The number of para-hydroxylation sites is 1. The summed E-state index contributed by atoms with van der Waals surface area (Å²) in [5.74, 6) is 0. The Hall–Kier alpha value is -2.47. The summed E-state index contributed by atoms with van der Waals surface area (Å²) in [4.78, 5) is 8.10. The Bertz CT molecular complexity index is 700. The molecule has 0 bridgehead atoms. The van der Waals surface area contributed by atoms with Crippen LogP contribution in [0.1, 0.15) is 12.5 Å². The predicted molar refractivity (Wildman–Crippen MR) is 83.9 cm³/mol. The highest BCUT2D eigenvalue weighted by atomic mass is 15.4. The molecular formula is C17H17N3. The molecule has 2 aromatic rings. The van der Waals surface area contributed by atoms with Gasteiger partial charge in [-0.1, -0.05) is 24.3 Å². The van der Waals surface area contributed by atoms with Gasteiger partial charge < -0.3 is 9.80 Å². The van der Waals surface area contributed by atoms with E-state index in [-0.39, 0.29) is 6.17 Å². The van der Waals surface area contributed by atoms with Crippen LogP contribution in [0.25, 0.3) is 4.85 Å². The average molecular weight is 263 g/mol. The molecule has 0 radical (unpaired) electrons. The smallest absolute Gasteiger partial charge is 0.189 e. The highest BCUT2D eigenvalue weighted by Gasteiger charge is 2.31. The molecule has 0 aliphatic carbocycles. The molecule has 3 rings (SSSR count). The molecule has 0 fully saturated rings. The number of fused-ring (bicyclic) bond motifs is 1. The van der Waals surface area contributed by atoms with E-state index in [1.54, 1.807) is 0 Å². The zero-order valence-electron chi connectivity index (χ0n) is 12.0. The van der Waals surface area contributed by atoms with Gasteiger partial charge in [-0.15, -0.1) is 0 Å². The zero-order chi connectivity index (χ0) is 14.3. The fraction of sp³-hybridized carbons (Fsp3) is 0.235. The van der Waals surface area contributed by atoms with E-state index in [0.29, 0.717) is 5.69 Å². The van der Waals surface area contributed by atoms with Crippen molar-refractivity contribution in [1.82, 2.24) is 0 Å². The number of anilines is 3. The Balaban J connectivity index is 2.19. The Morgan fingerprint density at radius 2 is 1.80 bits per heavy atom. The van der Waals surface area contributed by atoms with Crippen molar-refractivity contribution in [2.45, 2.75) is 20.0 Å². The first-order chi connectivity index (χ1) is 9.63. The van der Waals surface area contributed by atoms with Crippen LogP contribution < -0.4 is 9.80 Å². The van der Waals surface area contributed by atoms with Gasteiger partial charge in [-0.05, 0) is 37.6 Å². The zero-order valence-corrected chi connectivity index (χ0v) is 12.0. The van der Waals surface area contributed by atoms with Crippen LogP contribution in [-0.2, 0) is 0 Å². The van der Waals surface area contributed by atoms with Gasteiger partial charge in [0.15, 0.2) is 5.69 Å². The van der Waals surface area contributed by atoms with E-state index in [2.05, 4.69) is 59.8 Å². The lowest BCUT2D eigenvalue weighted by atomic mass is 10.1. The fourth-order valence-electron chi connectivity index (χ4n) is 2.81. The number of rotatable bonds is 1. The van der Waals surface area contributed by atoms with Gasteiger partial charge in [-0.3, -0.25) is 0 Å². The third-order valence-electron chi connectivity index (χ3n) is 4.04. The molecule has 0 saturated carbocycles. The Kier molecular flexibility index (Phi) is 2.87. The molecule has 0 N–H and O–H groups in total. The maximum absolute atomic E-state index is 7.21. The second-order valence-corrected chi connectivity index (χ2v) is 5.18. The van der Waals surface area contributed by atoms with Crippen molar-refractivity contribution < 1.29 is 0 Å². The SMILES string of the molecule is [C-]#[N+]c1ccc2c(c1)N(c1ccccc1C)[C@@H](C)N2C. The van der Waals surface area contributed by atoms with Crippen molar-refractivity contribution in [3.63, 3.8) is 0 Å². The van der Waals surface area contributed by atoms with E-state index >= 15 is 0 Å². The largest absolute Gasteiger partial charge is 0.353 e. The molecule has 1 atom stereocenters. The molecule has 0 unspecified atom stereocenters. The maximum Gasteiger partial charge on any atom is 0.189 e. The topological polar surface area (TPSA) is 10.8 Å². The summed E-state index contributed by atoms with van der Waals surface area (Å²) >= 11 is 0. The van der Waals surface area contributed by atoms with Crippen molar-refractivity contribution in [3.8, 4) is 0 Å². The number of benzene rings is 2. The first-order valence-electron chi connectivity index (χ1n) is 6.72. The lowest BCUT2D eigenvalue weighted by Gasteiger charge is -2.29. The van der Waals surface area contributed by atoms with Crippen LogP contribution in [0.15, 0.2) is 42.5 Å². The summed E-state index contributed by atoms with van der Waals surface area (Å²) in [7, 11) is 2.10. The molecule has 20 heavy (non-hydrogen) atoms. The minimum absolute atomic E-state index is 0.243.